The molecule has 272 valence electrons. The van der Waals surface area contributed by atoms with Gasteiger partial charge >= 0.3 is 6.11 Å². The summed E-state index contributed by atoms with van der Waals surface area (Å²) in [5, 5.41) is 13.5. The van der Waals surface area contributed by atoms with Gasteiger partial charge in [0.1, 0.15) is 11.9 Å². The molecule has 1 aliphatic rings. The smallest absolute Gasteiger partial charge is 0.394 e. The van der Waals surface area contributed by atoms with Gasteiger partial charge in [0.25, 0.3) is 5.91 Å². The number of aliphatic hydroxyl groups excluding tert-OH is 1. The van der Waals surface area contributed by atoms with E-state index in [1.165, 1.54) is 25.0 Å². The number of unbranched alkanes of at least 4 members (excludes halogenated alkanes) is 1. The average molecular weight is 679 g/mol. The predicted octanol–water partition coefficient (Wildman–Crippen LogP) is 10.8. The van der Waals surface area contributed by atoms with Crippen LogP contribution in [0.3, 0.4) is 0 Å². The highest BCUT2D eigenvalue weighted by Gasteiger charge is 2.35. The maximum atomic E-state index is 13.2. The van der Waals surface area contributed by atoms with E-state index in [4.69, 9.17) is 0 Å². The molecule has 6 nitrogen and oxygen atoms in total. The van der Waals surface area contributed by atoms with Crippen LogP contribution in [0.25, 0.3) is 0 Å². The van der Waals surface area contributed by atoms with Gasteiger partial charge in [0.2, 0.25) is 0 Å². The Hall–Kier alpha value is -3.33. The fourth-order valence-corrected chi connectivity index (χ4v) is 5.25. The minimum Gasteiger partial charge on any atom is -0.433 e. The molecular formula is C39H61F3N2O4. The molecule has 3 unspecified atom stereocenters. The lowest BCUT2D eigenvalue weighted by molar-refractivity contribution is -0.159. The van der Waals surface area contributed by atoms with Crippen molar-refractivity contribution in [1.29, 1.82) is 0 Å². The Kier molecular flexibility index (Phi) is 21.5. The second kappa shape index (κ2) is 23.1. The standard InChI is InChI=1S/C28H40F2N2O3.C7H11FO.C4H10/c1-7-11-23(20(9-3)10-4)26(24(12-8-2)32-18-17-25(33)27(32)34)19(5)31-21-13-15-22(16-14-21)35-28(6,29)30;1-4-5(2)7(9)6(3)8;1-3-4-2/h8,12-16,20,23,25,31,33H,5,7,9-11,17-18H2,1-4,6H3;5H,3-4H2,1-2H3;3-4H2,1-2H3/b12-8-,26-24-;;. The third kappa shape index (κ3) is 15.3. The predicted molar refractivity (Wildman–Crippen MR) is 192 cm³/mol. The zero-order chi connectivity index (χ0) is 37.0. The lowest BCUT2D eigenvalue weighted by atomic mass is 9.77. The molecule has 0 saturated carbocycles. The molecule has 1 amide bonds. The van der Waals surface area contributed by atoms with Crippen LogP contribution in [0, 0.1) is 17.8 Å². The quantitative estimate of drug-likeness (QED) is 0.127. The van der Waals surface area contributed by atoms with Gasteiger partial charge in [0.15, 0.2) is 11.6 Å². The average Bonchev–Trinajstić information content (AvgIpc) is 3.38. The Morgan fingerprint density at radius 3 is 1.98 bits per heavy atom. The molecule has 1 heterocycles. The van der Waals surface area contributed by atoms with Crippen LogP contribution < -0.4 is 10.1 Å². The van der Waals surface area contributed by atoms with Crippen molar-refractivity contribution in [1.82, 2.24) is 4.90 Å². The van der Waals surface area contributed by atoms with Crippen LogP contribution in [0.5, 0.6) is 5.75 Å². The number of nitrogens with zero attached hydrogens (tertiary/aromatic N) is 1. The summed E-state index contributed by atoms with van der Waals surface area (Å²) in [6.07, 6.45) is 7.11. The van der Waals surface area contributed by atoms with Gasteiger partial charge in [-0.1, -0.05) is 99.8 Å². The molecule has 9 heteroatoms. The van der Waals surface area contributed by atoms with Gasteiger partial charge in [0, 0.05) is 48.5 Å². The van der Waals surface area contributed by atoms with Crippen molar-refractivity contribution >= 4 is 17.4 Å². The van der Waals surface area contributed by atoms with Crippen LogP contribution in [0.4, 0.5) is 18.9 Å². The minimum atomic E-state index is -3.26. The lowest BCUT2D eigenvalue weighted by Crippen LogP contribution is -2.32. The van der Waals surface area contributed by atoms with Crippen molar-refractivity contribution < 1.29 is 32.6 Å². The van der Waals surface area contributed by atoms with Crippen LogP contribution in [0.2, 0.25) is 0 Å². The third-order valence-corrected chi connectivity index (χ3v) is 8.26. The Labute approximate surface area is 288 Å². The van der Waals surface area contributed by atoms with E-state index in [2.05, 4.69) is 57.8 Å². The fourth-order valence-electron chi connectivity index (χ4n) is 5.25. The van der Waals surface area contributed by atoms with Gasteiger partial charge in [0.05, 0.1) is 0 Å². The van der Waals surface area contributed by atoms with Crippen molar-refractivity contribution in [2.75, 3.05) is 11.9 Å². The number of carbonyl (C=O) groups excluding carboxylic acids is 2. The molecule has 2 rings (SSSR count). The first kappa shape index (κ1) is 44.7. The van der Waals surface area contributed by atoms with Crippen LogP contribution in [0.1, 0.15) is 114 Å². The largest absolute Gasteiger partial charge is 0.433 e. The first-order valence-electron chi connectivity index (χ1n) is 17.4. The lowest BCUT2D eigenvalue weighted by Gasteiger charge is -2.33. The Balaban J connectivity index is 0.00000143. The Morgan fingerprint density at radius 1 is 1.06 bits per heavy atom. The van der Waals surface area contributed by atoms with Gasteiger partial charge in [-0.15, -0.1) is 0 Å². The third-order valence-electron chi connectivity index (χ3n) is 8.26. The van der Waals surface area contributed by atoms with Crippen LogP contribution >= 0.6 is 0 Å². The number of alkyl halides is 2. The molecule has 0 aliphatic carbocycles. The topological polar surface area (TPSA) is 78.9 Å². The molecule has 3 atom stereocenters. The Morgan fingerprint density at radius 2 is 1.62 bits per heavy atom. The summed E-state index contributed by atoms with van der Waals surface area (Å²) in [6.45, 7) is 24.7. The van der Waals surface area contributed by atoms with Crippen LogP contribution in [-0.4, -0.2) is 40.5 Å². The van der Waals surface area contributed by atoms with E-state index in [9.17, 15) is 27.9 Å². The van der Waals surface area contributed by atoms with Crippen molar-refractivity contribution in [2.45, 2.75) is 126 Å². The van der Waals surface area contributed by atoms with Gasteiger partial charge in [-0.3, -0.25) is 9.59 Å². The van der Waals surface area contributed by atoms with E-state index < -0.39 is 23.8 Å². The second-order valence-electron chi connectivity index (χ2n) is 12.2. The second-order valence-corrected chi connectivity index (χ2v) is 12.2. The molecule has 48 heavy (non-hydrogen) atoms. The molecule has 1 saturated heterocycles. The number of hydrogen-bond acceptors (Lipinski definition) is 5. The van der Waals surface area contributed by atoms with E-state index in [-0.39, 0.29) is 23.5 Å². The van der Waals surface area contributed by atoms with E-state index in [0.29, 0.717) is 43.6 Å². The fraction of sp³-hybridized carbons (Fsp3) is 0.590. The summed E-state index contributed by atoms with van der Waals surface area (Å²) in [5.74, 6) is -1.23. The molecule has 1 aromatic carbocycles. The molecular weight excluding hydrogens is 617 g/mol. The van der Waals surface area contributed by atoms with Crippen molar-refractivity contribution in [3.05, 3.63) is 72.4 Å². The highest BCUT2D eigenvalue weighted by atomic mass is 19.3. The number of likely N-dealkylation sites (tertiary alicyclic amines) is 1. The van der Waals surface area contributed by atoms with Crippen LogP contribution in [0.15, 0.2) is 72.4 Å². The van der Waals surface area contributed by atoms with Gasteiger partial charge < -0.3 is 20.1 Å². The number of nitrogens with one attached hydrogen (secondary N) is 1. The summed E-state index contributed by atoms with van der Waals surface area (Å²) in [6, 6.07) is 6.29. The summed E-state index contributed by atoms with van der Waals surface area (Å²) >= 11 is 0. The zero-order valence-electron chi connectivity index (χ0n) is 30.8. The number of halogens is 3. The maximum absolute atomic E-state index is 13.2. The number of carbonyl (C=O) groups is 2. The van der Waals surface area contributed by atoms with Crippen molar-refractivity contribution in [2.24, 2.45) is 17.8 Å². The number of hydrogen-bond donors (Lipinski definition) is 2. The van der Waals surface area contributed by atoms with E-state index in [1.54, 1.807) is 24.0 Å². The molecule has 0 spiro atoms. The van der Waals surface area contributed by atoms with Gasteiger partial charge in [-0.25, -0.2) is 4.39 Å². The summed E-state index contributed by atoms with van der Waals surface area (Å²) in [7, 11) is 0. The molecule has 0 bridgehead atoms. The molecule has 0 radical (unpaired) electrons. The zero-order valence-corrected chi connectivity index (χ0v) is 30.8. The summed E-state index contributed by atoms with van der Waals surface area (Å²) in [5.41, 5.74) is 3.02. The van der Waals surface area contributed by atoms with Gasteiger partial charge in [-0.2, -0.15) is 8.78 Å². The number of ether oxygens (including phenoxy) is 1. The van der Waals surface area contributed by atoms with Crippen LogP contribution in [-0.2, 0) is 9.59 Å². The maximum Gasteiger partial charge on any atom is 0.394 e. The number of benzene rings is 1. The first-order valence-corrected chi connectivity index (χ1v) is 17.4. The monoisotopic (exact) mass is 678 g/mol. The number of aliphatic hydroxyl groups is 1. The number of allylic oxidation sites excluding steroid dienone is 4. The summed E-state index contributed by atoms with van der Waals surface area (Å²) < 4.78 is 43.0. The molecule has 1 aliphatic heterocycles. The molecule has 1 fully saturated rings. The van der Waals surface area contributed by atoms with Gasteiger partial charge in [-0.05, 0) is 61.9 Å². The summed E-state index contributed by atoms with van der Waals surface area (Å²) in [4.78, 5) is 25.1. The highest BCUT2D eigenvalue weighted by molar-refractivity contribution is 5.94. The normalized spacial score (nSPS) is 16.3. The number of ketones is 1. The molecule has 2 N–H and O–H groups in total. The highest BCUT2D eigenvalue weighted by Crippen LogP contribution is 2.38. The minimum absolute atomic E-state index is 0.0663. The first-order chi connectivity index (χ1) is 22.6. The van der Waals surface area contributed by atoms with Crippen molar-refractivity contribution in [3.63, 3.8) is 0 Å². The number of rotatable bonds is 17. The van der Waals surface area contributed by atoms with E-state index in [0.717, 1.165) is 37.0 Å². The number of amides is 1. The SMILES string of the molecule is C=C(F)C(=O)C(C)CC.C=C(Nc1ccc(OC(C)(F)F)cc1)/C(=C(\C=C/C)N1CCC(O)C1=O)C(CCC)C(CC)CC.CCCC. The Bertz CT molecular complexity index is 1200. The van der Waals surface area contributed by atoms with E-state index >= 15 is 0 Å². The number of anilines is 1. The molecule has 1 aromatic rings. The number of Topliss-reactive ketones (excluding diaryl/α,β-unsaturated/α-hetero) is 1. The van der Waals surface area contributed by atoms with Crippen molar-refractivity contribution in [3.8, 4) is 5.75 Å². The van der Waals surface area contributed by atoms with E-state index in [1.807, 2.05) is 26.0 Å². The molecule has 0 aromatic heterocycles.